The molecule has 0 N–H and O–H groups in total. The van der Waals surface area contributed by atoms with Crippen LogP contribution in [0.4, 0.5) is 0 Å². The molecule has 0 saturated carbocycles. The van der Waals surface area contributed by atoms with Gasteiger partial charge in [-0.3, -0.25) is 0 Å². The number of aromatic nitrogens is 2. The molecule has 5 nitrogen and oxygen atoms in total. The van der Waals surface area contributed by atoms with Crippen LogP contribution in [-0.4, -0.2) is 34.5 Å². The van der Waals surface area contributed by atoms with Gasteiger partial charge in [0.05, 0.1) is 17.5 Å². The van der Waals surface area contributed by atoms with Gasteiger partial charge >= 0.3 is 0 Å². The minimum atomic E-state index is -3.13. The molecule has 1 aromatic heterocycles. The van der Waals surface area contributed by atoms with E-state index in [1.54, 1.807) is 11.2 Å². The highest BCUT2D eigenvalue weighted by Crippen LogP contribution is 2.44. The van der Waals surface area contributed by atoms with Crippen molar-refractivity contribution >= 4 is 10.0 Å². The normalized spacial score (nSPS) is 27.2. The van der Waals surface area contributed by atoms with Crippen LogP contribution in [0.5, 0.6) is 0 Å². The first-order valence-corrected chi connectivity index (χ1v) is 7.97. The maximum Gasteiger partial charge on any atom is 0.214 e. The lowest BCUT2D eigenvalue weighted by molar-refractivity contribution is 0.300. The summed E-state index contributed by atoms with van der Waals surface area (Å²) in [4.78, 5) is 8.68. The van der Waals surface area contributed by atoms with E-state index in [1.165, 1.54) is 0 Å². The molecule has 0 amide bonds. The van der Waals surface area contributed by atoms with Gasteiger partial charge < -0.3 is 0 Å². The molecule has 98 valence electrons. The molecule has 3 heterocycles. The Morgan fingerprint density at radius 1 is 1.44 bits per heavy atom. The SMILES string of the molecule is CCS(=O)(=O)N1[C@H]2CC[C@@H]1c1cnc(C)nc1C2. The monoisotopic (exact) mass is 267 g/mol. The van der Waals surface area contributed by atoms with Crippen LogP contribution in [0.15, 0.2) is 6.20 Å². The Bertz CT molecular complexity index is 585. The molecule has 2 aliphatic rings. The van der Waals surface area contributed by atoms with Crippen LogP contribution in [0.3, 0.4) is 0 Å². The molecule has 0 aromatic carbocycles. The lowest BCUT2D eigenvalue weighted by Crippen LogP contribution is -2.43. The van der Waals surface area contributed by atoms with E-state index in [1.807, 2.05) is 13.1 Å². The van der Waals surface area contributed by atoms with Crippen molar-refractivity contribution in [1.29, 1.82) is 0 Å². The van der Waals surface area contributed by atoms with Crippen molar-refractivity contribution < 1.29 is 8.42 Å². The quantitative estimate of drug-likeness (QED) is 0.807. The fraction of sp³-hybridized carbons (Fsp3) is 0.667. The zero-order valence-corrected chi connectivity index (χ0v) is 11.4. The van der Waals surface area contributed by atoms with Crippen molar-refractivity contribution in [2.45, 2.75) is 45.2 Å². The Hall–Kier alpha value is -1.01. The number of hydrogen-bond acceptors (Lipinski definition) is 4. The van der Waals surface area contributed by atoms with E-state index in [0.717, 1.165) is 36.3 Å². The average Bonchev–Trinajstić information content (AvgIpc) is 2.66. The fourth-order valence-corrected chi connectivity index (χ4v) is 4.64. The van der Waals surface area contributed by atoms with E-state index in [0.29, 0.717) is 0 Å². The standard InChI is InChI=1S/C12H17N3O2S/c1-3-18(16,17)15-9-4-5-12(15)10-7-13-8(2)14-11(10)6-9/h7,9,12H,3-6H2,1-2H3/t9-,12+/m0/s1. The smallest absolute Gasteiger partial charge is 0.214 e. The van der Waals surface area contributed by atoms with Gasteiger partial charge in [-0.2, -0.15) is 4.31 Å². The van der Waals surface area contributed by atoms with Crippen LogP contribution < -0.4 is 0 Å². The van der Waals surface area contributed by atoms with Gasteiger partial charge in [0.2, 0.25) is 10.0 Å². The summed E-state index contributed by atoms with van der Waals surface area (Å²) in [7, 11) is -3.13. The highest BCUT2D eigenvalue weighted by molar-refractivity contribution is 7.89. The fourth-order valence-electron chi connectivity index (χ4n) is 3.11. The zero-order valence-electron chi connectivity index (χ0n) is 10.6. The van der Waals surface area contributed by atoms with Gasteiger partial charge in [-0.15, -0.1) is 0 Å². The molecular weight excluding hydrogens is 250 g/mol. The van der Waals surface area contributed by atoms with Crippen molar-refractivity contribution in [2.24, 2.45) is 0 Å². The van der Waals surface area contributed by atoms with E-state index in [-0.39, 0.29) is 17.8 Å². The van der Waals surface area contributed by atoms with Crippen LogP contribution >= 0.6 is 0 Å². The zero-order chi connectivity index (χ0) is 12.9. The molecule has 1 fully saturated rings. The molecule has 1 saturated heterocycles. The van der Waals surface area contributed by atoms with Gasteiger partial charge in [0.15, 0.2) is 0 Å². The predicted octanol–water partition coefficient (Wildman–Crippen LogP) is 1.20. The van der Waals surface area contributed by atoms with Crippen LogP contribution in [-0.2, 0) is 16.4 Å². The van der Waals surface area contributed by atoms with Crippen molar-refractivity contribution in [1.82, 2.24) is 14.3 Å². The molecule has 1 aromatic rings. The van der Waals surface area contributed by atoms with E-state index in [4.69, 9.17) is 0 Å². The second kappa shape index (κ2) is 3.99. The van der Waals surface area contributed by atoms with Gasteiger partial charge in [0.25, 0.3) is 0 Å². The number of fused-ring (bicyclic) bond motifs is 4. The minimum absolute atomic E-state index is 0.0377. The highest BCUT2D eigenvalue weighted by atomic mass is 32.2. The summed E-state index contributed by atoms with van der Waals surface area (Å²) >= 11 is 0. The Morgan fingerprint density at radius 3 is 2.94 bits per heavy atom. The molecule has 0 aliphatic carbocycles. The number of aryl methyl sites for hydroxylation is 1. The third kappa shape index (κ3) is 1.66. The van der Waals surface area contributed by atoms with Gasteiger partial charge in [-0.25, -0.2) is 18.4 Å². The summed E-state index contributed by atoms with van der Waals surface area (Å²) in [6, 6.07) is 0.0612. The maximum absolute atomic E-state index is 12.2. The Morgan fingerprint density at radius 2 is 2.22 bits per heavy atom. The molecule has 3 rings (SSSR count). The first kappa shape index (κ1) is 12.0. The average molecular weight is 267 g/mol. The van der Waals surface area contributed by atoms with E-state index in [9.17, 15) is 8.42 Å². The van der Waals surface area contributed by atoms with Crippen LogP contribution in [0.2, 0.25) is 0 Å². The largest absolute Gasteiger partial charge is 0.241 e. The van der Waals surface area contributed by atoms with Gasteiger partial charge in [-0.1, -0.05) is 0 Å². The van der Waals surface area contributed by atoms with Gasteiger partial charge in [0, 0.05) is 24.2 Å². The molecule has 6 heteroatoms. The summed E-state index contributed by atoms with van der Waals surface area (Å²) in [5, 5.41) is 0. The van der Waals surface area contributed by atoms with Crippen LogP contribution in [0.25, 0.3) is 0 Å². The first-order valence-electron chi connectivity index (χ1n) is 6.36. The predicted molar refractivity (Wildman–Crippen MR) is 67.5 cm³/mol. The topological polar surface area (TPSA) is 63.2 Å². The lowest BCUT2D eigenvalue weighted by Gasteiger charge is -2.34. The third-order valence-corrected chi connectivity index (χ3v) is 5.86. The molecule has 18 heavy (non-hydrogen) atoms. The molecule has 0 unspecified atom stereocenters. The molecular formula is C12H17N3O2S. The van der Waals surface area contributed by atoms with Gasteiger partial charge in [-0.05, 0) is 26.7 Å². The van der Waals surface area contributed by atoms with E-state index in [2.05, 4.69) is 9.97 Å². The molecule has 0 spiro atoms. The highest BCUT2D eigenvalue weighted by Gasteiger charge is 2.46. The number of rotatable bonds is 2. The molecule has 0 radical (unpaired) electrons. The van der Waals surface area contributed by atoms with Crippen LogP contribution in [0, 0.1) is 6.92 Å². The molecule has 2 aliphatic heterocycles. The van der Waals surface area contributed by atoms with Crippen molar-refractivity contribution in [2.75, 3.05) is 5.75 Å². The Balaban J connectivity index is 2.08. The van der Waals surface area contributed by atoms with E-state index >= 15 is 0 Å². The summed E-state index contributed by atoms with van der Waals surface area (Å²) in [5.41, 5.74) is 2.05. The summed E-state index contributed by atoms with van der Waals surface area (Å²) in [6.07, 6.45) is 4.36. The first-order chi connectivity index (χ1) is 8.53. The molecule has 2 atom stereocenters. The van der Waals surface area contributed by atoms with Crippen LogP contribution in [0.1, 0.15) is 42.9 Å². The minimum Gasteiger partial charge on any atom is -0.241 e. The number of hydrogen-bond donors (Lipinski definition) is 0. The number of sulfonamides is 1. The Labute approximate surface area is 107 Å². The van der Waals surface area contributed by atoms with Crippen molar-refractivity contribution in [3.8, 4) is 0 Å². The number of nitrogens with zero attached hydrogens (tertiary/aromatic N) is 3. The van der Waals surface area contributed by atoms with E-state index < -0.39 is 10.0 Å². The summed E-state index contributed by atoms with van der Waals surface area (Å²) in [6.45, 7) is 3.58. The second-order valence-electron chi connectivity index (χ2n) is 5.00. The van der Waals surface area contributed by atoms with Crippen molar-refractivity contribution in [3.05, 3.63) is 23.3 Å². The second-order valence-corrected chi connectivity index (χ2v) is 7.16. The third-order valence-electron chi connectivity index (χ3n) is 3.93. The van der Waals surface area contributed by atoms with Gasteiger partial charge in [0.1, 0.15) is 5.82 Å². The molecule has 2 bridgehead atoms. The summed E-state index contributed by atoms with van der Waals surface area (Å²) < 4.78 is 26.1. The lowest BCUT2D eigenvalue weighted by atomic mass is 10.0. The van der Waals surface area contributed by atoms with Crippen molar-refractivity contribution in [3.63, 3.8) is 0 Å². The Kier molecular flexibility index (Phi) is 2.67. The summed E-state index contributed by atoms with van der Waals surface area (Å²) in [5.74, 6) is 0.933. The maximum atomic E-state index is 12.2.